The van der Waals surface area contributed by atoms with E-state index in [1.54, 1.807) is 24.3 Å². The number of hydrogen-bond acceptors (Lipinski definition) is 6. The molecule has 0 fully saturated rings. The summed E-state index contributed by atoms with van der Waals surface area (Å²) in [5, 5.41) is 3.05. The molecule has 1 N–H and O–H groups in total. The van der Waals surface area contributed by atoms with Gasteiger partial charge in [0, 0.05) is 29.5 Å². The van der Waals surface area contributed by atoms with E-state index in [-0.39, 0.29) is 41.2 Å². The lowest BCUT2D eigenvalue weighted by atomic mass is 10.0. The van der Waals surface area contributed by atoms with Crippen LogP contribution in [0, 0.1) is 6.92 Å². The maximum Gasteiger partial charge on any atom is 0.264 e. The maximum atomic E-state index is 14.7. The molecule has 2 unspecified atom stereocenters. The highest BCUT2D eigenvalue weighted by Crippen LogP contribution is 2.36. The maximum absolute atomic E-state index is 14.7. The average Bonchev–Trinajstić information content (AvgIpc) is 3.09. The number of rotatable bonds is 15. The summed E-state index contributed by atoms with van der Waals surface area (Å²) in [6, 6.07) is 27.0. The van der Waals surface area contributed by atoms with Gasteiger partial charge in [-0.1, -0.05) is 83.0 Å². The zero-order valence-electron chi connectivity index (χ0n) is 27.9. The Balaban J connectivity index is 1.87. The number of carbonyl (C=O) groups excluding carboxylic acids is 2. The van der Waals surface area contributed by atoms with Crippen molar-refractivity contribution in [2.45, 2.75) is 57.1 Å². The van der Waals surface area contributed by atoms with Crippen molar-refractivity contribution >= 4 is 43.5 Å². The van der Waals surface area contributed by atoms with Gasteiger partial charge in [-0.3, -0.25) is 13.9 Å². The summed E-state index contributed by atoms with van der Waals surface area (Å²) in [4.78, 5) is 30.2. The topological polar surface area (TPSA) is 105 Å². The van der Waals surface area contributed by atoms with E-state index in [1.807, 2.05) is 75.4 Å². The quantitative estimate of drug-likeness (QED) is 0.149. The van der Waals surface area contributed by atoms with E-state index in [9.17, 15) is 18.0 Å². The van der Waals surface area contributed by atoms with Crippen LogP contribution >= 0.6 is 15.9 Å². The Morgan fingerprint density at radius 1 is 0.875 bits per heavy atom. The number of aryl methyl sites for hydroxylation is 1. The smallest absolute Gasteiger partial charge is 0.264 e. The zero-order chi connectivity index (χ0) is 34.8. The minimum atomic E-state index is -4.32. The van der Waals surface area contributed by atoms with E-state index in [0.717, 1.165) is 25.5 Å². The molecule has 48 heavy (non-hydrogen) atoms. The van der Waals surface area contributed by atoms with E-state index in [2.05, 4.69) is 21.2 Å². The Kier molecular flexibility index (Phi) is 12.7. The van der Waals surface area contributed by atoms with Crippen molar-refractivity contribution in [2.75, 3.05) is 25.1 Å². The van der Waals surface area contributed by atoms with Crippen LogP contribution in [0.15, 0.2) is 106 Å². The highest BCUT2D eigenvalue weighted by Gasteiger charge is 2.36. The molecule has 0 saturated carbocycles. The Hall–Kier alpha value is -4.35. The third kappa shape index (κ3) is 9.17. The minimum absolute atomic E-state index is 0.000539. The number of nitrogens with one attached hydrogen (secondary N) is 1. The Morgan fingerprint density at radius 2 is 1.54 bits per heavy atom. The van der Waals surface area contributed by atoms with Crippen molar-refractivity contribution in [1.29, 1.82) is 0 Å². The summed E-state index contributed by atoms with van der Waals surface area (Å²) in [5.74, 6) is -0.290. The molecule has 0 spiro atoms. The lowest BCUT2D eigenvalue weighted by Gasteiger charge is -2.34. The molecule has 4 aromatic rings. The van der Waals surface area contributed by atoms with Crippen molar-refractivity contribution in [3.63, 3.8) is 0 Å². The Labute approximate surface area is 292 Å². The van der Waals surface area contributed by atoms with Gasteiger partial charge in [-0.15, -0.1) is 0 Å². The van der Waals surface area contributed by atoms with Crippen LogP contribution in [0.2, 0.25) is 0 Å². The van der Waals surface area contributed by atoms with Crippen molar-refractivity contribution in [3.05, 3.63) is 118 Å². The molecule has 0 aliphatic rings. The summed E-state index contributed by atoms with van der Waals surface area (Å²) in [5.41, 5.74) is 2.63. The summed E-state index contributed by atoms with van der Waals surface area (Å²) in [6.07, 6.45) is 0.918. The predicted octanol–water partition coefficient (Wildman–Crippen LogP) is 6.52. The fraction of sp³-hybridized carbons (Fsp3) is 0.297. The molecule has 9 nitrogen and oxygen atoms in total. The second-order valence-electron chi connectivity index (χ2n) is 11.5. The van der Waals surface area contributed by atoms with E-state index in [1.165, 1.54) is 37.3 Å². The molecule has 254 valence electrons. The van der Waals surface area contributed by atoms with Gasteiger partial charge in [-0.25, -0.2) is 8.42 Å². The summed E-state index contributed by atoms with van der Waals surface area (Å²) < 4.78 is 41.8. The highest BCUT2D eigenvalue weighted by atomic mass is 79.9. The van der Waals surface area contributed by atoms with Crippen LogP contribution in [0.1, 0.15) is 37.0 Å². The van der Waals surface area contributed by atoms with Crippen molar-refractivity contribution in [3.8, 4) is 11.5 Å². The fourth-order valence-corrected chi connectivity index (χ4v) is 6.80. The molecule has 11 heteroatoms. The zero-order valence-corrected chi connectivity index (χ0v) is 30.3. The molecule has 2 atom stereocenters. The molecule has 0 bridgehead atoms. The Morgan fingerprint density at radius 3 is 2.15 bits per heavy atom. The second kappa shape index (κ2) is 16.7. The standard InChI is InChI=1S/C37H42BrN3O6S/c1-6-27(3)39-37(43)34(22-28-10-8-7-9-11-28)40(24-29-14-16-30(38)17-15-29)36(42)25-41(33-23-31(46-4)18-21-35(33)47-5)48(44,45)32-19-12-26(2)13-20-32/h7-21,23,27,34H,6,22,24-25H2,1-5H3,(H,39,43). The van der Waals surface area contributed by atoms with E-state index in [0.29, 0.717) is 12.2 Å². The molecule has 0 aliphatic carbocycles. The molecule has 0 radical (unpaired) electrons. The minimum Gasteiger partial charge on any atom is -0.497 e. The number of benzene rings is 4. The van der Waals surface area contributed by atoms with Gasteiger partial charge < -0.3 is 19.7 Å². The highest BCUT2D eigenvalue weighted by molar-refractivity contribution is 9.10. The molecule has 0 saturated heterocycles. The first-order chi connectivity index (χ1) is 23.0. The van der Waals surface area contributed by atoms with Crippen molar-refractivity contribution in [2.24, 2.45) is 0 Å². The van der Waals surface area contributed by atoms with Crippen LogP contribution in [0.25, 0.3) is 0 Å². The molecule has 2 amide bonds. The van der Waals surface area contributed by atoms with Crippen LogP contribution in [0.5, 0.6) is 11.5 Å². The van der Waals surface area contributed by atoms with Gasteiger partial charge in [0.05, 0.1) is 24.8 Å². The van der Waals surface area contributed by atoms with Crippen molar-refractivity contribution < 1.29 is 27.5 Å². The van der Waals surface area contributed by atoms with Crippen LogP contribution in [-0.2, 0) is 32.6 Å². The lowest BCUT2D eigenvalue weighted by molar-refractivity contribution is -0.140. The van der Waals surface area contributed by atoms with E-state index in [4.69, 9.17) is 9.47 Å². The van der Waals surface area contributed by atoms with Crippen LogP contribution in [0.3, 0.4) is 0 Å². The fourth-order valence-electron chi connectivity index (χ4n) is 5.12. The number of halogens is 1. The third-order valence-electron chi connectivity index (χ3n) is 8.08. The first kappa shape index (κ1) is 36.5. The second-order valence-corrected chi connectivity index (χ2v) is 14.3. The van der Waals surface area contributed by atoms with Gasteiger partial charge in [0.15, 0.2) is 0 Å². The van der Waals surface area contributed by atoms with Gasteiger partial charge >= 0.3 is 0 Å². The molecule has 4 rings (SSSR count). The average molecular weight is 737 g/mol. The number of anilines is 1. The summed E-state index contributed by atoms with van der Waals surface area (Å²) in [6.45, 7) is 5.18. The number of sulfonamides is 1. The van der Waals surface area contributed by atoms with E-state index >= 15 is 0 Å². The van der Waals surface area contributed by atoms with Gasteiger partial charge in [0.1, 0.15) is 24.1 Å². The first-order valence-corrected chi connectivity index (χ1v) is 17.9. The number of nitrogens with zero attached hydrogens (tertiary/aromatic N) is 2. The number of methoxy groups -OCH3 is 2. The molecule has 0 aliphatic heterocycles. The Bertz CT molecular complexity index is 1780. The van der Waals surface area contributed by atoms with Gasteiger partial charge in [-0.05, 0) is 67.8 Å². The number of hydrogen-bond donors (Lipinski definition) is 1. The lowest BCUT2D eigenvalue weighted by Crippen LogP contribution is -2.54. The first-order valence-electron chi connectivity index (χ1n) is 15.7. The number of ether oxygens (including phenoxy) is 2. The molecule has 0 aromatic heterocycles. The van der Waals surface area contributed by atoms with Crippen LogP contribution < -0.4 is 19.1 Å². The van der Waals surface area contributed by atoms with Crippen LogP contribution in [0.4, 0.5) is 5.69 Å². The van der Waals surface area contributed by atoms with Crippen molar-refractivity contribution in [1.82, 2.24) is 10.2 Å². The molecule has 0 heterocycles. The van der Waals surface area contributed by atoms with Crippen LogP contribution in [-0.4, -0.2) is 58.0 Å². The number of amides is 2. The molecular formula is C37H42BrN3O6S. The van der Waals surface area contributed by atoms with E-state index < -0.39 is 28.5 Å². The SMILES string of the molecule is CCC(C)NC(=O)C(Cc1ccccc1)N(Cc1ccc(Br)cc1)C(=O)CN(c1cc(OC)ccc1OC)S(=O)(=O)c1ccc(C)cc1. The molecule has 4 aromatic carbocycles. The largest absolute Gasteiger partial charge is 0.497 e. The summed E-state index contributed by atoms with van der Waals surface area (Å²) in [7, 11) is -1.42. The van der Waals surface area contributed by atoms with Gasteiger partial charge in [-0.2, -0.15) is 0 Å². The number of carbonyl (C=O) groups is 2. The van der Waals surface area contributed by atoms with Gasteiger partial charge in [0.2, 0.25) is 11.8 Å². The van der Waals surface area contributed by atoms with Gasteiger partial charge in [0.25, 0.3) is 10.0 Å². The monoisotopic (exact) mass is 735 g/mol. The third-order valence-corrected chi connectivity index (χ3v) is 10.4. The predicted molar refractivity (Wildman–Crippen MR) is 192 cm³/mol. The molecular weight excluding hydrogens is 694 g/mol. The summed E-state index contributed by atoms with van der Waals surface area (Å²) >= 11 is 3.46. The normalized spacial score (nSPS) is 12.5.